The molecule has 2 atom stereocenters. The maximum absolute atomic E-state index is 12.8. The quantitative estimate of drug-likeness (QED) is 0.761. The standard InChI is InChI=1S/C14H19FN2/c1-4-11(2)17-14(3,10-16)9-12-5-7-13(15)8-6-12/h1,5-8,11,17H,9-10,16H2,2-3H3. The molecule has 1 rings (SSSR count). The van der Waals surface area contributed by atoms with Crippen LogP contribution in [0.2, 0.25) is 0 Å². The highest BCUT2D eigenvalue weighted by atomic mass is 19.1. The fraction of sp³-hybridized carbons (Fsp3) is 0.429. The first-order chi connectivity index (χ1) is 7.99. The van der Waals surface area contributed by atoms with Crippen molar-refractivity contribution in [1.29, 1.82) is 0 Å². The number of benzene rings is 1. The Balaban J connectivity index is 2.75. The summed E-state index contributed by atoms with van der Waals surface area (Å²) in [5.74, 6) is 2.39. The molecule has 3 N–H and O–H groups in total. The normalized spacial score (nSPS) is 15.9. The van der Waals surface area contributed by atoms with Gasteiger partial charge in [-0.05, 0) is 38.0 Å². The third-order valence-corrected chi connectivity index (χ3v) is 2.77. The molecule has 0 heterocycles. The van der Waals surface area contributed by atoms with Crippen molar-refractivity contribution in [3.63, 3.8) is 0 Å². The predicted molar refractivity (Wildman–Crippen MR) is 69.0 cm³/mol. The van der Waals surface area contributed by atoms with E-state index in [1.807, 2.05) is 13.8 Å². The zero-order valence-electron chi connectivity index (χ0n) is 10.3. The van der Waals surface area contributed by atoms with Gasteiger partial charge >= 0.3 is 0 Å². The van der Waals surface area contributed by atoms with Crippen LogP contribution in [0.5, 0.6) is 0 Å². The van der Waals surface area contributed by atoms with E-state index >= 15 is 0 Å². The molecule has 0 amide bonds. The summed E-state index contributed by atoms with van der Waals surface area (Å²) in [5, 5.41) is 3.30. The van der Waals surface area contributed by atoms with E-state index in [0.29, 0.717) is 6.54 Å². The summed E-state index contributed by atoms with van der Waals surface area (Å²) in [4.78, 5) is 0. The van der Waals surface area contributed by atoms with Crippen LogP contribution < -0.4 is 11.1 Å². The van der Waals surface area contributed by atoms with Crippen LogP contribution in [-0.4, -0.2) is 18.1 Å². The van der Waals surface area contributed by atoms with Crippen LogP contribution in [0.1, 0.15) is 19.4 Å². The molecule has 0 radical (unpaired) electrons. The van der Waals surface area contributed by atoms with Gasteiger partial charge in [0.15, 0.2) is 0 Å². The lowest BCUT2D eigenvalue weighted by Gasteiger charge is -2.31. The van der Waals surface area contributed by atoms with E-state index in [-0.39, 0.29) is 17.4 Å². The molecule has 0 aliphatic heterocycles. The SMILES string of the molecule is C#CC(C)NC(C)(CN)Cc1ccc(F)cc1. The Labute approximate surface area is 102 Å². The second kappa shape index (κ2) is 5.81. The summed E-state index contributed by atoms with van der Waals surface area (Å²) in [6, 6.07) is 6.41. The minimum Gasteiger partial charge on any atom is -0.329 e. The number of nitrogens with two attached hydrogens (primary N) is 1. The number of rotatable bonds is 5. The highest BCUT2D eigenvalue weighted by Gasteiger charge is 2.23. The molecule has 0 aliphatic rings. The number of hydrogen-bond acceptors (Lipinski definition) is 2. The Morgan fingerprint density at radius 3 is 2.53 bits per heavy atom. The van der Waals surface area contributed by atoms with E-state index in [1.165, 1.54) is 12.1 Å². The topological polar surface area (TPSA) is 38.0 Å². The van der Waals surface area contributed by atoms with Crippen molar-refractivity contribution in [2.24, 2.45) is 5.73 Å². The summed E-state index contributed by atoms with van der Waals surface area (Å²) < 4.78 is 12.8. The second-order valence-corrected chi connectivity index (χ2v) is 4.60. The zero-order valence-corrected chi connectivity index (χ0v) is 10.3. The molecular weight excluding hydrogens is 215 g/mol. The monoisotopic (exact) mass is 234 g/mol. The van der Waals surface area contributed by atoms with Crippen molar-refractivity contribution in [2.75, 3.05) is 6.54 Å². The summed E-state index contributed by atoms with van der Waals surface area (Å²) in [6.07, 6.45) is 6.06. The fourth-order valence-corrected chi connectivity index (χ4v) is 1.80. The molecule has 0 saturated carbocycles. The van der Waals surface area contributed by atoms with E-state index < -0.39 is 0 Å². The summed E-state index contributed by atoms with van der Waals surface area (Å²) in [6.45, 7) is 4.40. The van der Waals surface area contributed by atoms with Crippen molar-refractivity contribution in [3.05, 3.63) is 35.6 Å². The van der Waals surface area contributed by atoms with Crippen molar-refractivity contribution in [2.45, 2.75) is 31.8 Å². The van der Waals surface area contributed by atoms with E-state index in [1.54, 1.807) is 12.1 Å². The Hall–Kier alpha value is -1.37. The van der Waals surface area contributed by atoms with Gasteiger partial charge in [-0.2, -0.15) is 0 Å². The van der Waals surface area contributed by atoms with Crippen LogP contribution in [0, 0.1) is 18.2 Å². The van der Waals surface area contributed by atoms with E-state index in [0.717, 1.165) is 12.0 Å². The Bertz CT molecular complexity index is 394. The average Bonchev–Trinajstić information content (AvgIpc) is 2.32. The number of halogens is 1. The van der Waals surface area contributed by atoms with Crippen LogP contribution in [-0.2, 0) is 6.42 Å². The molecule has 0 saturated heterocycles. The van der Waals surface area contributed by atoms with E-state index in [4.69, 9.17) is 12.2 Å². The number of hydrogen-bond donors (Lipinski definition) is 2. The number of terminal acetylenes is 1. The maximum Gasteiger partial charge on any atom is 0.123 e. The van der Waals surface area contributed by atoms with E-state index in [2.05, 4.69) is 11.2 Å². The average molecular weight is 234 g/mol. The van der Waals surface area contributed by atoms with E-state index in [9.17, 15) is 4.39 Å². The van der Waals surface area contributed by atoms with Gasteiger partial charge < -0.3 is 5.73 Å². The molecule has 1 aromatic carbocycles. The van der Waals surface area contributed by atoms with Gasteiger partial charge in [0.05, 0.1) is 6.04 Å². The van der Waals surface area contributed by atoms with Crippen molar-refractivity contribution >= 4 is 0 Å². The van der Waals surface area contributed by atoms with Gasteiger partial charge in [-0.3, -0.25) is 5.32 Å². The Morgan fingerprint density at radius 2 is 2.06 bits per heavy atom. The molecule has 0 bridgehead atoms. The van der Waals surface area contributed by atoms with Crippen LogP contribution >= 0.6 is 0 Å². The Morgan fingerprint density at radius 1 is 1.47 bits per heavy atom. The lowest BCUT2D eigenvalue weighted by atomic mass is 9.92. The zero-order chi connectivity index (χ0) is 12.9. The molecule has 1 aromatic rings. The molecule has 92 valence electrons. The van der Waals surface area contributed by atoms with Crippen LogP contribution in [0.15, 0.2) is 24.3 Å². The van der Waals surface area contributed by atoms with Gasteiger partial charge in [0.1, 0.15) is 5.82 Å². The molecular formula is C14H19FN2. The fourth-order valence-electron chi connectivity index (χ4n) is 1.80. The summed E-state index contributed by atoms with van der Waals surface area (Å²) >= 11 is 0. The predicted octanol–water partition coefficient (Wildman–Crippen LogP) is 1.70. The van der Waals surface area contributed by atoms with Gasteiger partial charge in [-0.25, -0.2) is 4.39 Å². The molecule has 2 unspecified atom stereocenters. The van der Waals surface area contributed by atoms with Crippen molar-refractivity contribution < 1.29 is 4.39 Å². The van der Waals surface area contributed by atoms with Crippen LogP contribution in [0.3, 0.4) is 0 Å². The van der Waals surface area contributed by atoms with Gasteiger partial charge in [0.25, 0.3) is 0 Å². The minimum atomic E-state index is -0.274. The smallest absolute Gasteiger partial charge is 0.123 e. The first-order valence-electron chi connectivity index (χ1n) is 5.67. The Kier molecular flexibility index (Phi) is 4.68. The lowest BCUT2D eigenvalue weighted by molar-refractivity contribution is 0.348. The lowest BCUT2D eigenvalue weighted by Crippen LogP contribution is -2.53. The number of nitrogens with one attached hydrogen (secondary N) is 1. The third kappa shape index (κ3) is 4.18. The molecule has 0 aliphatic carbocycles. The second-order valence-electron chi connectivity index (χ2n) is 4.60. The first-order valence-corrected chi connectivity index (χ1v) is 5.67. The molecule has 0 spiro atoms. The van der Waals surface area contributed by atoms with Gasteiger partial charge in [-0.1, -0.05) is 18.1 Å². The highest BCUT2D eigenvalue weighted by Crippen LogP contribution is 2.13. The van der Waals surface area contributed by atoms with Crippen molar-refractivity contribution in [1.82, 2.24) is 5.32 Å². The highest BCUT2D eigenvalue weighted by molar-refractivity contribution is 5.19. The van der Waals surface area contributed by atoms with Gasteiger partial charge in [0, 0.05) is 12.1 Å². The molecule has 3 heteroatoms. The van der Waals surface area contributed by atoms with Gasteiger partial charge in [0.2, 0.25) is 0 Å². The first kappa shape index (κ1) is 13.7. The van der Waals surface area contributed by atoms with Crippen molar-refractivity contribution in [3.8, 4) is 12.3 Å². The van der Waals surface area contributed by atoms with Gasteiger partial charge in [-0.15, -0.1) is 6.42 Å². The largest absolute Gasteiger partial charge is 0.329 e. The molecule has 0 fully saturated rings. The summed E-state index contributed by atoms with van der Waals surface area (Å²) in [5.41, 5.74) is 6.55. The maximum atomic E-state index is 12.8. The third-order valence-electron chi connectivity index (χ3n) is 2.77. The van der Waals surface area contributed by atoms with Crippen LogP contribution in [0.4, 0.5) is 4.39 Å². The molecule has 0 aromatic heterocycles. The molecule has 17 heavy (non-hydrogen) atoms. The minimum absolute atomic E-state index is 0.0380. The molecule has 2 nitrogen and oxygen atoms in total. The van der Waals surface area contributed by atoms with Crippen LogP contribution in [0.25, 0.3) is 0 Å². The summed E-state index contributed by atoms with van der Waals surface area (Å²) in [7, 11) is 0.